The summed E-state index contributed by atoms with van der Waals surface area (Å²) in [4.78, 5) is 12.4. The molecule has 3 aliphatic carbocycles. The first-order chi connectivity index (χ1) is 12.5. The van der Waals surface area contributed by atoms with Crippen LogP contribution in [0.1, 0.15) is 64.7 Å². The van der Waals surface area contributed by atoms with Gasteiger partial charge in [0.05, 0.1) is 5.92 Å². The van der Waals surface area contributed by atoms with Gasteiger partial charge in [0.25, 0.3) is 0 Å². The van der Waals surface area contributed by atoms with Crippen molar-refractivity contribution >= 4 is 5.97 Å². The molecule has 26 heavy (non-hydrogen) atoms. The van der Waals surface area contributed by atoms with Crippen LogP contribution >= 0.6 is 0 Å². The van der Waals surface area contributed by atoms with Gasteiger partial charge in [-0.15, -0.1) is 0 Å². The van der Waals surface area contributed by atoms with E-state index >= 15 is 0 Å². The molecule has 1 unspecified atom stereocenters. The van der Waals surface area contributed by atoms with Gasteiger partial charge in [0.15, 0.2) is 0 Å². The fraction of sp³-hybridized carbons (Fsp3) is 0.762. The van der Waals surface area contributed by atoms with Gasteiger partial charge < -0.3 is 9.47 Å². The lowest BCUT2D eigenvalue weighted by molar-refractivity contribution is -0.153. The van der Waals surface area contributed by atoms with E-state index in [0.717, 1.165) is 43.4 Å². The summed E-state index contributed by atoms with van der Waals surface area (Å²) in [5.74, 6) is 2.49. The van der Waals surface area contributed by atoms with Crippen molar-refractivity contribution in [1.29, 1.82) is 0 Å². The lowest BCUT2D eigenvalue weighted by Gasteiger charge is -2.36. The van der Waals surface area contributed by atoms with E-state index in [2.05, 4.69) is 11.7 Å². The number of carbonyl (C=O) groups is 1. The maximum absolute atomic E-state index is 12.4. The fourth-order valence-corrected chi connectivity index (χ4v) is 4.69. The van der Waals surface area contributed by atoms with Crippen molar-refractivity contribution in [3.05, 3.63) is 24.0 Å². The number of rotatable bonds is 5. The van der Waals surface area contributed by atoms with E-state index in [4.69, 9.17) is 4.74 Å². The molecule has 5 heteroatoms. The van der Waals surface area contributed by atoms with E-state index in [1.54, 1.807) is 12.2 Å². The summed E-state index contributed by atoms with van der Waals surface area (Å²) in [7, 11) is 0. The van der Waals surface area contributed by atoms with Crippen LogP contribution in [0, 0.1) is 23.7 Å². The Balaban J connectivity index is 1.39. The zero-order valence-corrected chi connectivity index (χ0v) is 15.5. The number of ether oxygens (including phenoxy) is 2. The van der Waals surface area contributed by atoms with Crippen molar-refractivity contribution in [1.82, 2.24) is 0 Å². The summed E-state index contributed by atoms with van der Waals surface area (Å²) < 4.78 is 34.2. The van der Waals surface area contributed by atoms with Crippen LogP contribution in [0.5, 0.6) is 0 Å². The Hall–Kier alpha value is -1.39. The minimum absolute atomic E-state index is 0.00939. The van der Waals surface area contributed by atoms with E-state index in [1.165, 1.54) is 31.8 Å². The van der Waals surface area contributed by atoms with Gasteiger partial charge in [0.2, 0.25) is 0 Å². The molecule has 0 heterocycles. The van der Waals surface area contributed by atoms with Gasteiger partial charge >= 0.3 is 12.6 Å². The molecule has 0 amide bonds. The Morgan fingerprint density at radius 3 is 2.19 bits per heavy atom. The average Bonchev–Trinajstić information content (AvgIpc) is 2.64. The molecule has 0 aromatic heterocycles. The fourth-order valence-electron chi connectivity index (χ4n) is 4.69. The van der Waals surface area contributed by atoms with Crippen molar-refractivity contribution in [2.24, 2.45) is 23.7 Å². The monoisotopic (exact) mass is 368 g/mol. The lowest BCUT2D eigenvalue weighted by Crippen LogP contribution is -2.30. The summed E-state index contributed by atoms with van der Waals surface area (Å²) in [6.07, 6.45) is 14.2. The van der Waals surface area contributed by atoms with Gasteiger partial charge in [-0.3, -0.25) is 4.79 Å². The van der Waals surface area contributed by atoms with Crippen LogP contribution in [0.4, 0.5) is 8.78 Å². The van der Waals surface area contributed by atoms with Gasteiger partial charge in [-0.05, 0) is 74.5 Å². The molecule has 2 saturated carbocycles. The smallest absolute Gasteiger partial charge is 0.387 e. The van der Waals surface area contributed by atoms with Crippen molar-refractivity contribution in [2.45, 2.75) is 77.4 Å². The molecule has 0 N–H and O–H groups in total. The summed E-state index contributed by atoms with van der Waals surface area (Å²) in [6, 6.07) is 0. The molecular weight excluding hydrogens is 338 g/mol. The Morgan fingerprint density at radius 2 is 1.65 bits per heavy atom. The number of halogens is 2. The predicted octanol–water partition coefficient (Wildman–Crippen LogP) is 5.61. The van der Waals surface area contributed by atoms with E-state index in [-0.39, 0.29) is 23.8 Å². The van der Waals surface area contributed by atoms with Crippen LogP contribution in [-0.2, 0) is 14.3 Å². The van der Waals surface area contributed by atoms with Crippen molar-refractivity contribution in [3.63, 3.8) is 0 Å². The molecule has 3 nitrogen and oxygen atoms in total. The molecular formula is C21H30F2O3. The number of hydrogen-bond donors (Lipinski definition) is 0. The van der Waals surface area contributed by atoms with Crippen LogP contribution in [0.15, 0.2) is 24.0 Å². The molecule has 146 valence electrons. The van der Waals surface area contributed by atoms with E-state index < -0.39 is 6.61 Å². The second-order valence-electron chi connectivity index (χ2n) is 8.19. The Kier molecular flexibility index (Phi) is 6.71. The van der Waals surface area contributed by atoms with Crippen LogP contribution in [-0.4, -0.2) is 18.7 Å². The third-order valence-corrected chi connectivity index (χ3v) is 6.35. The molecule has 3 aliphatic rings. The van der Waals surface area contributed by atoms with Crippen LogP contribution in [0.3, 0.4) is 0 Å². The summed E-state index contributed by atoms with van der Waals surface area (Å²) in [6.45, 7) is -0.479. The van der Waals surface area contributed by atoms with E-state index in [1.807, 2.05) is 0 Å². The van der Waals surface area contributed by atoms with Gasteiger partial charge in [-0.1, -0.05) is 19.8 Å². The second-order valence-corrected chi connectivity index (χ2v) is 8.19. The minimum atomic E-state index is -2.83. The topological polar surface area (TPSA) is 35.5 Å². The van der Waals surface area contributed by atoms with E-state index in [0.29, 0.717) is 6.42 Å². The van der Waals surface area contributed by atoms with Crippen LogP contribution in [0.2, 0.25) is 0 Å². The first kappa shape index (κ1) is 19.4. The molecule has 0 spiro atoms. The standard InChI is InChI=1S/C21H30F2O3/c1-14-2-4-15(5-3-14)16-6-8-17(9-7-16)20(24)25-18-10-12-19(13-11-18)26-21(22)23/h10,12-18,21H,2-9,11H2,1H3. The Morgan fingerprint density at radius 1 is 1.04 bits per heavy atom. The Bertz CT molecular complexity index is 527. The summed E-state index contributed by atoms with van der Waals surface area (Å²) in [5, 5.41) is 0. The zero-order valence-electron chi connectivity index (χ0n) is 15.5. The number of alkyl halides is 2. The molecule has 0 saturated heterocycles. The minimum Gasteiger partial charge on any atom is -0.458 e. The van der Waals surface area contributed by atoms with E-state index in [9.17, 15) is 13.6 Å². The molecule has 0 aliphatic heterocycles. The highest BCUT2D eigenvalue weighted by Crippen LogP contribution is 2.41. The number of allylic oxidation sites excluding steroid dienone is 1. The molecule has 0 aromatic rings. The lowest BCUT2D eigenvalue weighted by atomic mass is 9.69. The number of carbonyl (C=O) groups excluding carboxylic acids is 1. The van der Waals surface area contributed by atoms with Gasteiger partial charge in [0, 0.05) is 6.42 Å². The van der Waals surface area contributed by atoms with Crippen LogP contribution < -0.4 is 0 Å². The van der Waals surface area contributed by atoms with Crippen molar-refractivity contribution in [2.75, 3.05) is 0 Å². The zero-order chi connectivity index (χ0) is 18.5. The van der Waals surface area contributed by atoms with Gasteiger partial charge in [-0.25, -0.2) is 0 Å². The molecule has 2 fully saturated rings. The van der Waals surface area contributed by atoms with Gasteiger partial charge in [0.1, 0.15) is 11.9 Å². The highest BCUT2D eigenvalue weighted by atomic mass is 19.3. The van der Waals surface area contributed by atoms with Crippen molar-refractivity contribution in [3.8, 4) is 0 Å². The predicted molar refractivity (Wildman–Crippen MR) is 95.4 cm³/mol. The molecule has 3 rings (SSSR count). The second kappa shape index (κ2) is 9.01. The normalized spacial score (nSPS) is 35.1. The first-order valence-electron chi connectivity index (χ1n) is 10.0. The Labute approximate surface area is 154 Å². The third-order valence-electron chi connectivity index (χ3n) is 6.35. The van der Waals surface area contributed by atoms with Crippen molar-refractivity contribution < 1.29 is 23.0 Å². The quantitative estimate of drug-likeness (QED) is 0.591. The summed E-state index contributed by atoms with van der Waals surface area (Å²) >= 11 is 0. The summed E-state index contributed by atoms with van der Waals surface area (Å²) in [5.41, 5.74) is 0. The van der Waals surface area contributed by atoms with Gasteiger partial charge in [-0.2, -0.15) is 8.78 Å². The first-order valence-corrected chi connectivity index (χ1v) is 10.0. The number of hydrogen-bond acceptors (Lipinski definition) is 3. The molecule has 0 aromatic carbocycles. The highest BCUT2D eigenvalue weighted by Gasteiger charge is 2.33. The third kappa shape index (κ3) is 5.31. The van der Waals surface area contributed by atoms with Crippen LogP contribution in [0.25, 0.3) is 0 Å². The molecule has 1 atom stereocenters. The maximum atomic E-state index is 12.4. The number of esters is 1. The SMILES string of the molecule is CC1CCC(C2CCC(C(=O)OC3C=CC(OC(F)F)=CC3)CC2)CC1. The largest absolute Gasteiger partial charge is 0.458 e. The highest BCUT2D eigenvalue weighted by molar-refractivity contribution is 5.73. The maximum Gasteiger partial charge on any atom is 0.387 e. The molecule has 0 radical (unpaired) electrons. The average molecular weight is 368 g/mol. The molecule has 0 bridgehead atoms.